The Kier molecular flexibility index (Phi) is 5.46. The molecule has 1 aliphatic rings. The Labute approximate surface area is 148 Å². The number of morpholine rings is 1. The van der Waals surface area contributed by atoms with Crippen molar-refractivity contribution in [1.29, 1.82) is 5.41 Å². The van der Waals surface area contributed by atoms with Gasteiger partial charge in [0.15, 0.2) is 0 Å². The highest BCUT2D eigenvalue weighted by molar-refractivity contribution is 6.02. The third kappa shape index (κ3) is 4.06. The largest absolute Gasteiger partial charge is 0.378 e. The molecule has 1 aliphatic heterocycles. The molecule has 0 unspecified atom stereocenters. The fraction of sp³-hybridized carbons (Fsp3) is 0.300. The molecule has 0 spiro atoms. The second-order valence-electron chi connectivity index (χ2n) is 6.08. The molecule has 0 bridgehead atoms. The van der Waals surface area contributed by atoms with Crippen LogP contribution in [-0.4, -0.2) is 44.8 Å². The van der Waals surface area contributed by atoms with E-state index in [1.54, 1.807) is 6.92 Å². The van der Waals surface area contributed by atoms with E-state index in [0.717, 1.165) is 55.0 Å². The molecule has 1 saturated heterocycles. The summed E-state index contributed by atoms with van der Waals surface area (Å²) in [6, 6.07) is 14.4. The summed E-state index contributed by atoms with van der Waals surface area (Å²) in [5.74, 6) is 0. The number of nitrogens with one attached hydrogen (secondary N) is 2. The molecule has 3 rings (SSSR count). The number of carbonyl (C=O) groups excluding carboxylic acids is 1. The Hall–Kier alpha value is -2.66. The Bertz CT molecular complexity index is 750. The minimum atomic E-state index is 0.244. The van der Waals surface area contributed by atoms with Crippen molar-refractivity contribution >= 4 is 23.4 Å². The van der Waals surface area contributed by atoms with Crippen LogP contribution in [0.5, 0.6) is 0 Å². The lowest BCUT2D eigenvalue weighted by Gasteiger charge is -2.29. The minimum Gasteiger partial charge on any atom is -0.378 e. The zero-order valence-corrected chi connectivity index (χ0v) is 14.4. The van der Waals surface area contributed by atoms with Gasteiger partial charge in [-0.3, -0.25) is 0 Å². The number of hydrogen-bond acceptors (Lipinski definition) is 5. The van der Waals surface area contributed by atoms with Gasteiger partial charge in [-0.1, -0.05) is 18.2 Å². The van der Waals surface area contributed by atoms with Crippen LogP contribution in [0.2, 0.25) is 0 Å². The zero-order valence-electron chi connectivity index (χ0n) is 14.4. The van der Waals surface area contributed by atoms with E-state index >= 15 is 0 Å². The maximum atomic E-state index is 10.6. The van der Waals surface area contributed by atoms with Gasteiger partial charge in [0.2, 0.25) is 0 Å². The van der Waals surface area contributed by atoms with E-state index < -0.39 is 0 Å². The summed E-state index contributed by atoms with van der Waals surface area (Å²) in [5, 5.41) is 11.0. The minimum absolute atomic E-state index is 0.244. The highest BCUT2D eigenvalue weighted by Crippen LogP contribution is 2.27. The van der Waals surface area contributed by atoms with Crippen molar-refractivity contribution in [1.82, 2.24) is 0 Å². The number of aldehydes is 1. The molecule has 0 aliphatic carbocycles. The summed E-state index contributed by atoms with van der Waals surface area (Å²) < 4.78 is 5.40. The fourth-order valence-electron chi connectivity index (χ4n) is 3.03. The molecule has 0 aromatic heterocycles. The van der Waals surface area contributed by atoms with Crippen LogP contribution in [0.25, 0.3) is 11.1 Å². The Morgan fingerprint density at radius 1 is 1.16 bits per heavy atom. The van der Waals surface area contributed by atoms with Crippen LogP contribution in [0.15, 0.2) is 42.5 Å². The maximum absolute atomic E-state index is 10.6. The first-order valence-electron chi connectivity index (χ1n) is 8.49. The predicted octanol–water partition coefficient (Wildman–Crippen LogP) is 3.19. The molecule has 2 aromatic rings. The van der Waals surface area contributed by atoms with Gasteiger partial charge in [-0.05, 0) is 42.3 Å². The molecule has 2 aromatic carbocycles. The second-order valence-corrected chi connectivity index (χ2v) is 6.08. The van der Waals surface area contributed by atoms with Gasteiger partial charge < -0.3 is 25.2 Å². The first kappa shape index (κ1) is 17.2. The van der Waals surface area contributed by atoms with Crippen LogP contribution >= 0.6 is 0 Å². The molecular formula is C20H23N3O2. The van der Waals surface area contributed by atoms with Crippen LogP contribution in [-0.2, 0) is 9.53 Å². The monoisotopic (exact) mass is 337 g/mol. The number of nitrogens with zero attached hydrogens (tertiary/aromatic N) is 1. The van der Waals surface area contributed by atoms with E-state index in [0.29, 0.717) is 5.71 Å². The molecule has 0 radical (unpaired) electrons. The van der Waals surface area contributed by atoms with Crippen LogP contribution in [0.1, 0.15) is 12.5 Å². The molecular weight excluding hydrogens is 314 g/mol. The van der Waals surface area contributed by atoms with Crippen molar-refractivity contribution in [2.75, 3.05) is 43.1 Å². The standard InChI is InChI=1S/C20H23N3O2/c1-15(21)19-14-17(4-7-20(19)22-8-11-24)16-2-5-18(6-3-16)23-9-12-25-13-10-23/h2-7,11,14,21-22H,8-10,12-13H2,1H3. The lowest BCUT2D eigenvalue weighted by Crippen LogP contribution is -2.36. The first-order valence-corrected chi connectivity index (χ1v) is 8.49. The Morgan fingerprint density at radius 2 is 1.84 bits per heavy atom. The first-order chi connectivity index (χ1) is 12.2. The van der Waals surface area contributed by atoms with Crippen molar-refractivity contribution in [2.45, 2.75) is 6.92 Å². The quantitative estimate of drug-likeness (QED) is 0.628. The third-order valence-corrected chi connectivity index (χ3v) is 4.38. The van der Waals surface area contributed by atoms with Gasteiger partial charge in [-0.15, -0.1) is 0 Å². The molecule has 130 valence electrons. The number of rotatable bonds is 6. The lowest BCUT2D eigenvalue weighted by atomic mass is 9.99. The van der Waals surface area contributed by atoms with E-state index in [4.69, 9.17) is 10.1 Å². The maximum Gasteiger partial charge on any atom is 0.139 e. The summed E-state index contributed by atoms with van der Waals surface area (Å²) in [6.07, 6.45) is 0.821. The Balaban J connectivity index is 1.84. The van der Waals surface area contributed by atoms with Crippen LogP contribution in [0.4, 0.5) is 11.4 Å². The smallest absolute Gasteiger partial charge is 0.139 e. The molecule has 5 nitrogen and oxygen atoms in total. The SMILES string of the molecule is CC(=N)c1cc(-c2ccc(N3CCOCC3)cc2)ccc1NCC=O. The Morgan fingerprint density at radius 3 is 2.48 bits per heavy atom. The van der Waals surface area contributed by atoms with E-state index in [9.17, 15) is 4.79 Å². The summed E-state index contributed by atoms with van der Waals surface area (Å²) in [4.78, 5) is 12.9. The normalized spacial score (nSPS) is 14.2. The van der Waals surface area contributed by atoms with E-state index in [1.807, 2.05) is 18.2 Å². The van der Waals surface area contributed by atoms with Gasteiger partial charge in [-0.2, -0.15) is 0 Å². The van der Waals surface area contributed by atoms with Gasteiger partial charge in [-0.25, -0.2) is 0 Å². The van der Waals surface area contributed by atoms with Crippen LogP contribution in [0.3, 0.4) is 0 Å². The van der Waals surface area contributed by atoms with Crippen molar-refractivity contribution in [2.24, 2.45) is 0 Å². The number of ether oxygens (including phenoxy) is 1. The topological polar surface area (TPSA) is 65.4 Å². The molecule has 0 saturated carbocycles. The highest BCUT2D eigenvalue weighted by Gasteiger charge is 2.12. The van der Waals surface area contributed by atoms with Gasteiger partial charge in [0.05, 0.1) is 19.8 Å². The number of carbonyl (C=O) groups is 1. The lowest BCUT2D eigenvalue weighted by molar-refractivity contribution is -0.106. The average Bonchev–Trinajstić information content (AvgIpc) is 2.67. The van der Waals surface area contributed by atoms with E-state index in [1.165, 1.54) is 5.69 Å². The molecule has 0 amide bonds. The van der Waals surface area contributed by atoms with Crippen LogP contribution in [0, 0.1) is 5.41 Å². The second kappa shape index (κ2) is 7.94. The van der Waals surface area contributed by atoms with Crippen molar-refractivity contribution in [3.63, 3.8) is 0 Å². The van der Waals surface area contributed by atoms with Crippen molar-refractivity contribution in [3.8, 4) is 11.1 Å². The summed E-state index contributed by atoms with van der Waals surface area (Å²) >= 11 is 0. The third-order valence-electron chi connectivity index (χ3n) is 4.38. The molecule has 5 heteroatoms. The fourth-order valence-corrected chi connectivity index (χ4v) is 3.03. The molecule has 1 fully saturated rings. The van der Waals surface area contributed by atoms with E-state index in [2.05, 4.69) is 34.5 Å². The van der Waals surface area contributed by atoms with E-state index in [-0.39, 0.29) is 6.54 Å². The summed E-state index contributed by atoms with van der Waals surface area (Å²) in [7, 11) is 0. The van der Waals surface area contributed by atoms with Gasteiger partial charge >= 0.3 is 0 Å². The number of benzene rings is 2. The number of hydrogen-bond donors (Lipinski definition) is 2. The number of anilines is 2. The highest BCUT2D eigenvalue weighted by atomic mass is 16.5. The van der Waals surface area contributed by atoms with Gasteiger partial charge in [0, 0.05) is 35.7 Å². The molecule has 0 atom stereocenters. The van der Waals surface area contributed by atoms with Gasteiger partial charge in [0.1, 0.15) is 6.29 Å². The van der Waals surface area contributed by atoms with Crippen molar-refractivity contribution < 1.29 is 9.53 Å². The summed E-state index contributed by atoms with van der Waals surface area (Å²) in [5.41, 5.74) is 5.48. The average molecular weight is 337 g/mol. The predicted molar refractivity (Wildman–Crippen MR) is 102 cm³/mol. The molecule has 25 heavy (non-hydrogen) atoms. The summed E-state index contributed by atoms with van der Waals surface area (Å²) in [6.45, 7) is 5.40. The zero-order chi connectivity index (χ0) is 17.6. The van der Waals surface area contributed by atoms with Crippen LogP contribution < -0.4 is 10.2 Å². The van der Waals surface area contributed by atoms with Crippen molar-refractivity contribution in [3.05, 3.63) is 48.0 Å². The molecule has 2 N–H and O–H groups in total. The molecule has 1 heterocycles. The van der Waals surface area contributed by atoms with Gasteiger partial charge in [0.25, 0.3) is 0 Å².